The first kappa shape index (κ1) is 26.2. The Morgan fingerprint density at radius 3 is 2.38 bits per heavy atom. The van der Waals surface area contributed by atoms with Crippen LogP contribution in [0.2, 0.25) is 0 Å². The Bertz CT molecular complexity index is 829. The normalized spacial score (nSPS) is 15.2. The highest BCUT2D eigenvalue weighted by Crippen LogP contribution is 2.24. The van der Waals surface area contributed by atoms with Gasteiger partial charge in [0.1, 0.15) is 5.76 Å². The number of carbonyl (C=O) groups is 1. The van der Waals surface area contributed by atoms with Crippen LogP contribution in [0, 0.1) is 0 Å². The Morgan fingerprint density at radius 1 is 1.12 bits per heavy atom. The van der Waals surface area contributed by atoms with Gasteiger partial charge < -0.3 is 20.0 Å². The number of amides is 1. The summed E-state index contributed by atoms with van der Waals surface area (Å²) in [7, 11) is 1.78. The number of guanidine groups is 1. The lowest BCUT2D eigenvalue weighted by molar-refractivity contribution is 0.0773. The van der Waals surface area contributed by atoms with Crippen LogP contribution in [0.25, 0.3) is 0 Å². The molecule has 0 radical (unpaired) electrons. The predicted octanol–water partition coefficient (Wildman–Crippen LogP) is 3.88. The van der Waals surface area contributed by atoms with Crippen LogP contribution in [0.5, 0.6) is 0 Å². The zero-order valence-corrected chi connectivity index (χ0v) is 21.7. The first-order valence-electron chi connectivity index (χ1n) is 11.3. The Labute approximate surface area is 208 Å². The standard InChI is InChI=1S/C24H35N5O2.HI/c1-4-28(5-2)23(30)20-12-10-19(11-13-20)17-26-24(25-3)27-18-21(22-9-8-16-31-22)29-14-6-7-15-29;/h8-13,16,21H,4-7,14-15,17-18H2,1-3H3,(H2,25,26,27);1H. The fourth-order valence-electron chi connectivity index (χ4n) is 4.00. The SMILES string of the molecule is CCN(CC)C(=O)c1ccc(CNC(=NC)NCC(c2ccco2)N2CCCC2)cc1.I. The van der Waals surface area contributed by atoms with Gasteiger partial charge in [-0.25, -0.2) is 0 Å². The zero-order valence-electron chi connectivity index (χ0n) is 19.3. The molecule has 2 N–H and O–H groups in total. The second-order valence-corrected chi connectivity index (χ2v) is 7.76. The van der Waals surface area contributed by atoms with E-state index in [1.54, 1.807) is 13.3 Å². The topological polar surface area (TPSA) is 73.1 Å². The highest BCUT2D eigenvalue weighted by atomic mass is 127. The summed E-state index contributed by atoms with van der Waals surface area (Å²) >= 11 is 0. The molecule has 1 saturated heterocycles. The van der Waals surface area contributed by atoms with Gasteiger partial charge in [-0.15, -0.1) is 24.0 Å². The molecule has 2 heterocycles. The minimum Gasteiger partial charge on any atom is -0.468 e. The molecule has 2 aromatic rings. The Balaban J connectivity index is 0.00000363. The van der Waals surface area contributed by atoms with Crippen LogP contribution < -0.4 is 10.6 Å². The van der Waals surface area contributed by atoms with Crippen molar-refractivity contribution < 1.29 is 9.21 Å². The van der Waals surface area contributed by atoms with Crippen molar-refractivity contribution in [3.63, 3.8) is 0 Å². The summed E-state index contributed by atoms with van der Waals surface area (Å²) in [6, 6.07) is 12.0. The molecule has 1 atom stereocenters. The number of likely N-dealkylation sites (tertiary alicyclic amines) is 1. The molecule has 1 fully saturated rings. The van der Waals surface area contributed by atoms with Gasteiger partial charge in [0, 0.05) is 38.8 Å². The highest BCUT2D eigenvalue weighted by molar-refractivity contribution is 14.0. The van der Waals surface area contributed by atoms with Gasteiger partial charge >= 0.3 is 0 Å². The van der Waals surface area contributed by atoms with Crippen LogP contribution in [0.4, 0.5) is 0 Å². The largest absolute Gasteiger partial charge is 0.468 e. The third kappa shape index (κ3) is 6.96. The molecule has 1 aromatic carbocycles. The van der Waals surface area contributed by atoms with Crippen LogP contribution in [0.1, 0.15) is 54.4 Å². The van der Waals surface area contributed by atoms with Crippen molar-refractivity contribution >= 4 is 35.8 Å². The van der Waals surface area contributed by atoms with Crippen LogP contribution in [0.15, 0.2) is 52.1 Å². The van der Waals surface area contributed by atoms with E-state index in [2.05, 4.69) is 20.5 Å². The third-order valence-electron chi connectivity index (χ3n) is 5.85. The van der Waals surface area contributed by atoms with Crippen molar-refractivity contribution in [2.75, 3.05) is 39.8 Å². The molecule has 1 unspecified atom stereocenters. The lowest BCUT2D eigenvalue weighted by Gasteiger charge is -2.26. The Hall–Kier alpha value is -2.07. The summed E-state index contributed by atoms with van der Waals surface area (Å²) in [5.41, 5.74) is 1.82. The maximum atomic E-state index is 12.5. The van der Waals surface area contributed by atoms with Crippen molar-refractivity contribution in [3.8, 4) is 0 Å². The molecule has 1 aliphatic rings. The minimum atomic E-state index is 0. The van der Waals surface area contributed by atoms with Crippen LogP contribution >= 0.6 is 24.0 Å². The molecule has 0 bridgehead atoms. The zero-order chi connectivity index (χ0) is 22.1. The van der Waals surface area contributed by atoms with Crippen LogP contribution in [-0.4, -0.2) is 61.4 Å². The molecule has 3 rings (SSSR count). The number of rotatable bonds is 9. The number of aliphatic imine (C=N–C) groups is 1. The van der Waals surface area contributed by atoms with Crippen LogP contribution in [-0.2, 0) is 6.54 Å². The van der Waals surface area contributed by atoms with Gasteiger partial charge in [0.2, 0.25) is 0 Å². The van der Waals surface area contributed by atoms with E-state index in [1.807, 2.05) is 55.1 Å². The van der Waals surface area contributed by atoms with Gasteiger partial charge in [-0.1, -0.05) is 12.1 Å². The van der Waals surface area contributed by atoms with E-state index in [4.69, 9.17) is 4.42 Å². The molecule has 1 aliphatic heterocycles. The number of furan rings is 1. The summed E-state index contributed by atoms with van der Waals surface area (Å²) < 4.78 is 5.69. The van der Waals surface area contributed by atoms with Crippen molar-refractivity contribution in [1.82, 2.24) is 20.4 Å². The number of hydrogen-bond donors (Lipinski definition) is 2. The Kier molecular flexibility index (Phi) is 11.0. The molecule has 176 valence electrons. The van der Waals surface area contributed by atoms with Crippen molar-refractivity contribution in [2.45, 2.75) is 39.3 Å². The molecule has 0 aliphatic carbocycles. The molecule has 0 saturated carbocycles. The van der Waals surface area contributed by atoms with Gasteiger partial charge in [-0.2, -0.15) is 0 Å². The van der Waals surface area contributed by atoms with Gasteiger partial charge in [0.15, 0.2) is 5.96 Å². The molecule has 32 heavy (non-hydrogen) atoms. The molecular weight excluding hydrogens is 517 g/mol. The van der Waals surface area contributed by atoms with Gasteiger partial charge in [0.05, 0.1) is 12.3 Å². The summed E-state index contributed by atoms with van der Waals surface area (Å²) in [6.45, 7) is 8.99. The average molecular weight is 553 g/mol. The smallest absolute Gasteiger partial charge is 0.253 e. The number of carbonyl (C=O) groups excluding carboxylic acids is 1. The van der Waals surface area contributed by atoms with Crippen LogP contribution in [0.3, 0.4) is 0 Å². The van der Waals surface area contributed by atoms with E-state index in [0.717, 1.165) is 55.6 Å². The third-order valence-corrected chi connectivity index (χ3v) is 5.85. The molecule has 7 nitrogen and oxygen atoms in total. The second-order valence-electron chi connectivity index (χ2n) is 7.76. The summed E-state index contributed by atoms with van der Waals surface area (Å²) in [6.07, 6.45) is 4.20. The van der Waals surface area contributed by atoms with E-state index in [-0.39, 0.29) is 35.9 Å². The fraction of sp³-hybridized carbons (Fsp3) is 0.500. The second kappa shape index (κ2) is 13.5. The lowest BCUT2D eigenvalue weighted by atomic mass is 10.1. The number of benzene rings is 1. The quantitative estimate of drug-likeness (QED) is 0.280. The predicted molar refractivity (Wildman–Crippen MR) is 140 cm³/mol. The van der Waals surface area contributed by atoms with Gasteiger partial charge in [-0.3, -0.25) is 14.7 Å². The van der Waals surface area contributed by atoms with E-state index in [1.165, 1.54) is 12.8 Å². The number of nitrogens with one attached hydrogen (secondary N) is 2. The fourth-order valence-corrected chi connectivity index (χ4v) is 4.00. The van der Waals surface area contributed by atoms with E-state index in [9.17, 15) is 4.79 Å². The number of hydrogen-bond acceptors (Lipinski definition) is 4. The average Bonchev–Trinajstić information content (AvgIpc) is 3.52. The molecule has 1 amide bonds. The summed E-state index contributed by atoms with van der Waals surface area (Å²) in [5, 5.41) is 6.81. The van der Waals surface area contributed by atoms with E-state index in [0.29, 0.717) is 6.54 Å². The minimum absolute atomic E-state index is 0. The first-order valence-corrected chi connectivity index (χ1v) is 11.3. The van der Waals surface area contributed by atoms with Crippen molar-refractivity contribution in [3.05, 3.63) is 59.5 Å². The van der Waals surface area contributed by atoms with Gasteiger partial charge in [0.25, 0.3) is 5.91 Å². The van der Waals surface area contributed by atoms with Crippen molar-refractivity contribution in [2.24, 2.45) is 4.99 Å². The van der Waals surface area contributed by atoms with Crippen molar-refractivity contribution in [1.29, 1.82) is 0 Å². The number of nitrogens with zero attached hydrogens (tertiary/aromatic N) is 3. The maximum absolute atomic E-state index is 12.5. The summed E-state index contributed by atoms with van der Waals surface area (Å²) in [5.74, 6) is 1.81. The molecule has 1 aromatic heterocycles. The first-order chi connectivity index (χ1) is 15.2. The molecule has 8 heteroatoms. The molecular formula is C24H36IN5O2. The van der Waals surface area contributed by atoms with E-state index < -0.39 is 0 Å². The van der Waals surface area contributed by atoms with Gasteiger partial charge in [-0.05, 0) is 69.6 Å². The lowest BCUT2D eigenvalue weighted by Crippen LogP contribution is -2.42. The highest BCUT2D eigenvalue weighted by Gasteiger charge is 2.25. The molecule has 0 spiro atoms. The van der Waals surface area contributed by atoms with E-state index >= 15 is 0 Å². The number of halogens is 1. The maximum Gasteiger partial charge on any atom is 0.253 e. The monoisotopic (exact) mass is 553 g/mol. The summed E-state index contributed by atoms with van der Waals surface area (Å²) in [4.78, 5) is 21.1. The Morgan fingerprint density at radius 2 is 1.81 bits per heavy atom.